The smallest absolute Gasteiger partial charge is 0.306 e. The first-order chi connectivity index (χ1) is 29.0. The first-order valence-electron chi connectivity index (χ1n) is 23.8. The van der Waals surface area contributed by atoms with Crippen molar-refractivity contribution in [1.29, 1.82) is 0 Å². The molecular weight excluding hydrogens is 733 g/mol. The molecule has 0 saturated heterocycles. The molecule has 0 aromatic carbocycles. The van der Waals surface area contributed by atoms with Gasteiger partial charge in [-0.1, -0.05) is 182 Å². The van der Waals surface area contributed by atoms with Gasteiger partial charge in [-0.3, -0.25) is 14.4 Å². The van der Waals surface area contributed by atoms with Crippen molar-refractivity contribution in [3.63, 3.8) is 0 Å². The maximum absolute atomic E-state index is 12.7. The SMILES string of the molecule is CC/C=C\C/C=C\C/C=C\CCCC(=O)OCC(COC(=O)CCCCCCC\C=C/C=C\C=C/C=C\CCCCC)OC(=O)CCCCCCC/C=C\CCCCC. The van der Waals surface area contributed by atoms with Crippen molar-refractivity contribution >= 4 is 17.9 Å². The van der Waals surface area contributed by atoms with Crippen LogP contribution >= 0.6 is 0 Å². The van der Waals surface area contributed by atoms with Gasteiger partial charge in [-0.25, -0.2) is 0 Å². The van der Waals surface area contributed by atoms with Crippen LogP contribution in [0, 0.1) is 0 Å². The Hall–Kier alpha value is -3.67. The van der Waals surface area contributed by atoms with Crippen molar-refractivity contribution < 1.29 is 28.6 Å². The second kappa shape index (κ2) is 47.0. The molecule has 0 saturated carbocycles. The number of unbranched alkanes of at least 4 members (excludes halogenated alkanes) is 17. The summed E-state index contributed by atoms with van der Waals surface area (Å²) >= 11 is 0. The summed E-state index contributed by atoms with van der Waals surface area (Å²) < 4.78 is 16.6. The summed E-state index contributed by atoms with van der Waals surface area (Å²) in [5.41, 5.74) is 0. The zero-order valence-electron chi connectivity index (χ0n) is 38.0. The fourth-order valence-electron chi connectivity index (χ4n) is 6.06. The minimum absolute atomic E-state index is 0.110. The van der Waals surface area contributed by atoms with Crippen LogP contribution in [0.1, 0.15) is 201 Å². The van der Waals surface area contributed by atoms with Crippen LogP contribution in [0.25, 0.3) is 0 Å². The van der Waals surface area contributed by atoms with E-state index in [0.29, 0.717) is 19.3 Å². The van der Waals surface area contributed by atoms with E-state index in [2.05, 4.69) is 118 Å². The largest absolute Gasteiger partial charge is 0.462 e. The molecule has 6 heteroatoms. The van der Waals surface area contributed by atoms with Crippen molar-refractivity contribution in [3.05, 3.63) is 97.2 Å². The number of allylic oxidation sites excluding steroid dienone is 16. The molecule has 0 rings (SSSR count). The zero-order chi connectivity index (χ0) is 43.0. The molecule has 0 aliphatic rings. The van der Waals surface area contributed by atoms with Crippen molar-refractivity contribution in [2.75, 3.05) is 13.2 Å². The second-order valence-corrected chi connectivity index (χ2v) is 15.4. The van der Waals surface area contributed by atoms with Crippen LogP contribution in [0.2, 0.25) is 0 Å². The van der Waals surface area contributed by atoms with Gasteiger partial charge in [0.2, 0.25) is 0 Å². The van der Waals surface area contributed by atoms with Crippen LogP contribution < -0.4 is 0 Å². The fourth-order valence-corrected chi connectivity index (χ4v) is 6.06. The second-order valence-electron chi connectivity index (χ2n) is 15.4. The van der Waals surface area contributed by atoms with Gasteiger partial charge in [-0.2, -0.15) is 0 Å². The molecule has 0 spiro atoms. The predicted molar refractivity (Wildman–Crippen MR) is 251 cm³/mol. The molecule has 0 radical (unpaired) electrons. The quantitative estimate of drug-likeness (QED) is 0.0201. The average molecular weight is 819 g/mol. The maximum Gasteiger partial charge on any atom is 0.306 e. The standard InChI is InChI=1S/C53H86O6/c1-4-7-10-13-16-19-22-24-25-26-27-28-29-32-34-37-40-43-46-52(55)58-49-50(48-57-51(54)45-42-39-36-33-30-21-18-15-12-9-6-3)59-53(56)47-44-41-38-35-31-23-20-17-14-11-8-5-2/h9,12,16-22,24-28,33,36,50H,4-8,10-11,13-15,23,29-32,34-35,37-49H2,1-3H3/b12-9-,19-16-,20-17-,21-18-,24-22-,26-25-,28-27-,36-33-. The summed E-state index contributed by atoms with van der Waals surface area (Å²) in [5, 5.41) is 0. The number of esters is 3. The fraction of sp³-hybridized carbons (Fsp3) is 0.642. The highest BCUT2D eigenvalue weighted by Gasteiger charge is 2.19. The molecule has 0 aliphatic heterocycles. The van der Waals surface area contributed by atoms with Crippen molar-refractivity contribution in [1.82, 2.24) is 0 Å². The molecule has 0 amide bonds. The lowest BCUT2D eigenvalue weighted by atomic mass is 10.1. The summed E-state index contributed by atoms with van der Waals surface area (Å²) in [5.74, 6) is -1.01. The number of hydrogen-bond acceptors (Lipinski definition) is 6. The van der Waals surface area contributed by atoms with E-state index in [1.165, 1.54) is 51.4 Å². The van der Waals surface area contributed by atoms with Crippen LogP contribution in [0.4, 0.5) is 0 Å². The lowest BCUT2D eigenvalue weighted by Gasteiger charge is -2.18. The molecule has 334 valence electrons. The Morgan fingerprint density at radius 1 is 0.373 bits per heavy atom. The van der Waals surface area contributed by atoms with Crippen LogP contribution in [-0.2, 0) is 28.6 Å². The highest BCUT2D eigenvalue weighted by molar-refractivity contribution is 5.71. The van der Waals surface area contributed by atoms with Crippen LogP contribution in [0.3, 0.4) is 0 Å². The van der Waals surface area contributed by atoms with Gasteiger partial charge in [0, 0.05) is 19.3 Å². The third-order valence-electron chi connectivity index (χ3n) is 9.64. The molecule has 0 bridgehead atoms. The van der Waals surface area contributed by atoms with E-state index in [1.54, 1.807) is 0 Å². The molecule has 59 heavy (non-hydrogen) atoms. The number of carbonyl (C=O) groups excluding carboxylic acids is 3. The molecule has 6 nitrogen and oxygen atoms in total. The van der Waals surface area contributed by atoms with E-state index in [-0.39, 0.29) is 37.5 Å². The topological polar surface area (TPSA) is 78.9 Å². The summed E-state index contributed by atoms with van der Waals surface area (Å²) in [6.07, 6.45) is 61.1. The monoisotopic (exact) mass is 819 g/mol. The highest BCUT2D eigenvalue weighted by Crippen LogP contribution is 2.12. The lowest BCUT2D eigenvalue weighted by molar-refractivity contribution is -0.167. The Morgan fingerprint density at radius 3 is 1.27 bits per heavy atom. The zero-order valence-corrected chi connectivity index (χ0v) is 38.0. The van der Waals surface area contributed by atoms with Gasteiger partial charge < -0.3 is 14.2 Å². The van der Waals surface area contributed by atoms with Gasteiger partial charge in [-0.15, -0.1) is 0 Å². The molecule has 0 fully saturated rings. The molecule has 1 unspecified atom stereocenters. The van der Waals surface area contributed by atoms with Gasteiger partial charge in [-0.05, 0) is 96.3 Å². The van der Waals surface area contributed by atoms with E-state index >= 15 is 0 Å². The van der Waals surface area contributed by atoms with Gasteiger partial charge in [0.05, 0.1) is 0 Å². The van der Waals surface area contributed by atoms with E-state index < -0.39 is 6.10 Å². The van der Waals surface area contributed by atoms with E-state index in [4.69, 9.17) is 14.2 Å². The normalized spacial score (nSPS) is 12.9. The number of hydrogen-bond donors (Lipinski definition) is 0. The molecule has 0 N–H and O–H groups in total. The average Bonchev–Trinajstić information content (AvgIpc) is 3.23. The Kier molecular flexibility index (Phi) is 44.1. The minimum Gasteiger partial charge on any atom is -0.462 e. The number of rotatable bonds is 41. The van der Waals surface area contributed by atoms with Crippen molar-refractivity contribution in [2.24, 2.45) is 0 Å². The number of ether oxygens (including phenoxy) is 3. The third-order valence-corrected chi connectivity index (χ3v) is 9.64. The van der Waals surface area contributed by atoms with Crippen molar-refractivity contribution in [3.8, 4) is 0 Å². The van der Waals surface area contributed by atoms with Crippen LogP contribution in [0.15, 0.2) is 97.2 Å². The molecule has 0 aromatic rings. The molecule has 0 heterocycles. The maximum atomic E-state index is 12.7. The summed E-state index contributed by atoms with van der Waals surface area (Å²) in [6.45, 7) is 6.36. The van der Waals surface area contributed by atoms with E-state index in [1.807, 2.05) is 0 Å². The molecular formula is C53H86O6. The van der Waals surface area contributed by atoms with Crippen LogP contribution in [0.5, 0.6) is 0 Å². The van der Waals surface area contributed by atoms with Crippen LogP contribution in [-0.4, -0.2) is 37.2 Å². The predicted octanol–water partition coefficient (Wildman–Crippen LogP) is 15.4. The summed E-state index contributed by atoms with van der Waals surface area (Å²) in [7, 11) is 0. The van der Waals surface area contributed by atoms with Gasteiger partial charge in [0.15, 0.2) is 6.10 Å². The van der Waals surface area contributed by atoms with Gasteiger partial charge in [0.25, 0.3) is 0 Å². The number of carbonyl (C=O) groups is 3. The molecule has 1 atom stereocenters. The van der Waals surface area contributed by atoms with Crippen molar-refractivity contribution in [2.45, 2.75) is 207 Å². The highest BCUT2D eigenvalue weighted by atomic mass is 16.6. The molecule has 0 aliphatic carbocycles. The first kappa shape index (κ1) is 55.3. The summed E-state index contributed by atoms with van der Waals surface area (Å²) in [6, 6.07) is 0. The Labute approximate surface area is 362 Å². The molecule has 0 aromatic heterocycles. The Bertz CT molecular complexity index is 1220. The first-order valence-corrected chi connectivity index (χ1v) is 23.8. The third kappa shape index (κ3) is 45.3. The lowest BCUT2D eigenvalue weighted by Crippen LogP contribution is -2.30. The van der Waals surface area contributed by atoms with Gasteiger partial charge in [0.1, 0.15) is 13.2 Å². The Morgan fingerprint density at radius 2 is 0.746 bits per heavy atom. The van der Waals surface area contributed by atoms with E-state index in [0.717, 1.165) is 103 Å². The Balaban J connectivity index is 4.49. The van der Waals surface area contributed by atoms with E-state index in [9.17, 15) is 14.4 Å². The minimum atomic E-state index is -0.811. The summed E-state index contributed by atoms with van der Waals surface area (Å²) in [4.78, 5) is 37.8. The van der Waals surface area contributed by atoms with Gasteiger partial charge >= 0.3 is 17.9 Å².